The maximum Gasteiger partial charge on any atom is 0.416 e. The number of hydrogen-bond acceptors (Lipinski definition) is 0. The quantitative estimate of drug-likeness (QED) is 0.681. The Kier molecular flexibility index (Phi) is 3.19. The second-order valence-electron chi connectivity index (χ2n) is 3.58. The molecular formula is C11H12F3. The smallest absolute Gasteiger partial charge is 0.166 e. The first-order chi connectivity index (χ1) is 6.39. The molecule has 0 heterocycles. The van der Waals surface area contributed by atoms with E-state index in [1.165, 1.54) is 12.1 Å². The van der Waals surface area contributed by atoms with Gasteiger partial charge in [0.1, 0.15) is 0 Å². The molecule has 0 aliphatic carbocycles. The lowest BCUT2D eigenvalue weighted by atomic mass is 10.0. The van der Waals surface area contributed by atoms with Gasteiger partial charge in [-0.15, -0.1) is 0 Å². The highest BCUT2D eigenvalue weighted by Crippen LogP contribution is 2.29. The first-order valence-corrected chi connectivity index (χ1v) is 4.35. The van der Waals surface area contributed by atoms with E-state index in [1.807, 2.05) is 13.8 Å². The molecule has 0 aliphatic heterocycles. The molecule has 0 fully saturated rings. The predicted molar refractivity (Wildman–Crippen MR) is 49.7 cm³/mol. The van der Waals surface area contributed by atoms with Crippen LogP contribution in [0.1, 0.15) is 25.0 Å². The van der Waals surface area contributed by atoms with E-state index in [4.69, 9.17) is 0 Å². The molecule has 0 nitrogen and oxygen atoms in total. The Morgan fingerprint density at radius 1 is 1.21 bits per heavy atom. The average Bonchev–Trinajstić information content (AvgIpc) is 2.01. The van der Waals surface area contributed by atoms with Gasteiger partial charge < -0.3 is 0 Å². The monoisotopic (exact) mass is 201 g/mol. The minimum absolute atomic E-state index is 0.573. The largest absolute Gasteiger partial charge is 0.416 e. The zero-order valence-electron chi connectivity index (χ0n) is 8.15. The third kappa shape index (κ3) is 3.05. The van der Waals surface area contributed by atoms with Crippen molar-refractivity contribution in [1.29, 1.82) is 0 Å². The molecule has 1 radical (unpaired) electrons. The molecular weight excluding hydrogens is 189 g/mol. The van der Waals surface area contributed by atoms with E-state index in [2.05, 4.69) is 0 Å². The molecule has 0 saturated carbocycles. The summed E-state index contributed by atoms with van der Waals surface area (Å²) in [6, 6.07) is 5.45. The molecule has 0 bridgehead atoms. The first kappa shape index (κ1) is 11.1. The van der Waals surface area contributed by atoms with Crippen molar-refractivity contribution >= 4 is 0 Å². The maximum absolute atomic E-state index is 12.3. The van der Waals surface area contributed by atoms with Crippen LogP contribution in [0.15, 0.2) is 24.3 Å². The second kappa shape index (κ2) is 4.03. The van der Waals surface area contributed by atoms with Crippen molar-refractivity contribution in [2.24, 2.45) is 0 Å². The molecule has 14 heavy (non-hydrogen) atoms. The van der Waals surface area contributed by atoms with Gasteiger partial charge in [0.05, 0.1) is 5.56 Å². The van der Waals surface area contributed by atoms with Crippen LogP contribution in [0.3, 0.4) is 0 Å². The van der Waals surface area contributed by atoms with E-state index in [1.54, 1.807) is 6.07 Å². The van der Waals surface area contributed by atoms with E-state index in [0.29, 0.717) is 12.0 Å². The third-order valence-electron chi connectivity index (χ3n) is 1.81. The Balaban J connectivity index is 2.90. The lowest BCUT2D eigenvalue weighted by molar-refractivity contribution is -0.137. The van der Waals surface area contributed by atoms with Crippen LogP contribution < -0.4 is 0 Å². The Hall–Kier alpha value is -0.990. The van der Waals surface area contributed by atoms with Gasteiger partial charge >= 0.3 is 6.18 Å². The molecule has 0 aliphatic rings. The van der Waals surface area contributed by atoms with Gasteiger partial charge in [-0.1, -0.05) is 32.0 Å². The van der Waals surface area contributed by atoms with E-state index < -0.39 is 11.7 Å². The van der Waals surface area contributed by atoms with Gasteiger partial charge in [-0.05, 0) is 24.0 Å². The van der Waals surface area contributed by atoms with E-state index in [-0.39, 0.29) is 0 Å². The highest BCUT2D eigenvalue weighted by Gasteiger charge is 2.30. The van der Waals surface area contributed by atoms with E-state index >= 15 is 0 Å². The molecule has 0 atom stereocenters. The van der Waals surface area contributed by atoms with Crippen LogP contribution in [0.25, 0.3) is 0 Å². The Morgan fingerprint density at radius 3 is 2.36 bits per heavy atom. The molecule has 77 valence electrons. The van der Waals surface area contributed by atoms with Gasteiger partial charge in [-0.3, -0.25) is 0 Å². The highest BCUT2D eigenvalue weighted by atomic mass is 19.4. The Morgan fingerprint density at radius 2 is 1.86 bits per heavy atom. The van der Waals surface area contributed by atoms with Gasteiger partial charge in [0.25, 0.3) is 0 Å². The van der Waals surface area contributed by atoms with Crippen molar-refractivity contribution in [1.82, 2.24) is 0 Å². The number of halogens is 3. The molecule has 0 spiro atoms. The summed E-state index contributed by atoms with van der Waals surface area (Å²) in [5, 5.41) is 0. The molecule has 0 aromatic heterocycles. The fourth-order valence-corrected chi connectivity index (χ4v) is 1.27. The Bertz CT molecular complexity index is 300. The summed E-state index contributed by atoms with van der Waals surface area (Å²) >= 11 is 0. The van der Waals surface area contributed by atoms with E-state index in [9.17, 15) is 13.2 Å². The lowest BCUT2D eigenvalue weighted by Crippen LogP contribution is -2.05. The predicted octanol–water partition coefficient (Wildman–Crippen LogP) is 3.86. The van der Waals surface area contributed by atoms with Crippen molar-refractivity contribution < 1.29 is 13.2 Å². The molecule has 1 aromatic rings. The third-order valence-corrected chi connectivity index (χ3v) is 1.81. The second-order valence-corrected chi connectivity index (χ2v) is 3.58. The van der Waals surface area contributed by atoms with Crippen molar-refractivity contribution in [3.63, 3.8) is 0 Å². The number of rotatable bonds is 2. The summed E-state index contributed by atoms with van der Waals surface area (Å²) in [6.45, 7) is 3.81. The van der Waals surface area contributed by atoms with Gasteiger partial charge in [-0.2, -0.15) is 13.2 Å². The standard InChI is InChI=1S/C11H12F3/c1-8(2)6-9-4-3-5-10(7-9)11(12,13)14/h3-5,7H,6H2,1-2H3. The number of benzene rings is 1. The van der Waals surface area contributed by atoms with Crippen LogP contribution in [0, 0.1) is 5.92 Å². The van der Waals surface area contributed by atoms with Crippen LogP contribution in [0.2, 0.25) is 0 Å². The van der Waals surface area contributed by atoms with Crippen LogP contribution in [-0.4, -0.2) is 0 Å². The van der Waals surface area contributed by atoms with Crippen molar-refractivity contribution in [2.75, 3.05) is 0 Å². The zero-order valence-corrected chi connectivity index (χ0v) is 8.15. The summed E-state index contributed by atoms with van der Waals surface area (Å²) in [7, 11) is 0. The van der Waals surface area contributed by atoms with Gasteiger partial charge in [0.15, 0.2) is 0 Å². The summed E-state index contributed by atoms with van der Waals surface area (Å²) in [6.07, 6.45) is -3.64. The normalized spacial score (nSPS) is 12.1. The molecule has 0 unspecified atom stereocenters. The van der Waals surface area contributed by atoms with Gasteiger partial charge in [-0.25, -0.2) is 0 Å². The summed E-state index contributed by atoms with van der Waals surface area (Å²) in [5.41, 5.74) is 0.135. The zero-order chi connectivity index (χ0) is 10.8. The fourth-order valence-electron chi connectivity index (χ4n) is 1.27. The van der Waals surface area contributed by atoms with Crippen LogP contribution in [0.5, 0.6) is 0 Å². The maximum atomic E-state index is 12.3. The summed E-state index contributed by atoms with van der Waals surface area (Å²) in [5.74, 6) is 1.10. The number of alkyl halides is 3. The summed E-state index contributed by atoms with van der Waals surface area (Å²) < 4.78 is 36.9. The van der Waals surface area contributed by atoms with Crippen LogP contribution in [-0.2, 0) is 12.6 Å². The topological polar surface area (TPSA) is 0 Å². The SMILES string of the molecule is C[C](C)Cc1cccc(C(F)(F)F)c1. The molecule has 3 heteroatoms. The van der Waals surface area contributed by atoms with Crippen LogP contribution >= 0.6 is 0 Å². The van der Waals surface area contributed by atoms with Crippen molar-refractivity contribution in [3.8, 4) is 0 Å². The van der Waals surface area contributed by atoms with Gasteiger partial charge in [0.2, 0.25) is 0 Å². The van der Waals surface area contributed by atoms with Gasteiger partial charge in [0, 0.05) is 0 Å². The Labute approximate surface area is 81.8 Å². The lowest BCUT2D eigenvalue weighted by Gasteiger charge is -2.09. The van der Waals surface area contributed by atoms with E-state index in [0.717, 1.165) is 12.0 Å². The highest BCUT2D eigenvalue weighted by molar-refractivity contribution is 5.27. The molecule has 1 rings (SSSR count). The first-order valence-electron chi connectivity index (χ1n) is 4.35. The molecule has 0 N–H and O–H groups in total. The molecule has 0 amide bonds. The molecule has 1 aromatic carbocycles. The minimum Gasteiger partial charge on any atom is -0.166 e. The van der Waals surface area contributed by atoms with Crippen molar-refractivity contribution in [3.05, 3.63) is 41.3 Å². The number of hydrogen-bond donors (Lipinski definition) is 0. The van der Waals surface area contributed by atoms with Crippen LogP contribution in [0.4, 0.5) is 13.2 Å². The minimum atomic E-state index is -4.24. The average molecular weight is 201 g/mol. The van der Waals surface area contributed by atoms with Crippen molar-refractivity contribution in [2.45, 2.75) is 26.4 Å². The fraction of sp³-hybridized carbons (Fsp3) is 0.364. The summed E-state index contributed by atoms with van der Waals surface area (Å²) in [4.78, 5) is 0. The molecule has 0 saturated heterocycles.